The molecule has 100 valence electrons. The summed E-state index contributed by atoms with van der Waals surface area (Å²) in [6, 6.07) is -0.353. The average molecular weight is 252 g/mol. The van der Waals surface area contributed by atoms with Gasteiger partial charge in [-0.05, 0) is 20.8 Å². The van der Waals surface area contributed by atoms with Gasteiger partial charge in [-0.15, -0.1) is 0 Å². The highest BCUT2D eigenvalue weighted by atomic mass is 16.2. The van der Waals surface area contributed by atoms with Crippen LogP contribution in [0.15, 0.2) is 6.33 Å². The molecule has 1 unspecified atom stereocenters. The lowest BCUT2D eigenvalue weighted by Crippen LogP contribution is -2.39. The maximum atomic E-state index is 11.9. The van der Waals surface area contributed by atoms with Crippen molar-refractivity contribution >= 4 is 17.5 Å². The second-order valence-electron chi connectivity index (χ2n) is 4.06. The topological polar surface area (TPSA) is 96.2 Å². The lowest BCUT2D eigenvalue weighted by Gasteiger charge is -2.21. The smallest absolute Gasteiger partial charge is 0.244 e. The molecule has 0 radical (unpaired) electrons. The number of carbonyl (C=O) groups excluding carboxylic acids is 1. The second kappa shape index (κ2) is 6.15. The number of amides is 1. The van der Waals surface area contributed by atoms with Gasteiger partial charge in [0.15, 0.2) is 0 Å². The van der Waals surface area contributed by atoms with E-state index in [0.29, 0.717) is 18.2 Å². The van der Waals surface area contributed by atoms with Crippen LogP contribution in [0.4, 0.5) is 11.6 Å². The minimum absolute atomic E-state index is 0.0118. The minimum Gasteiger partial charge on any atom is -0.358 e. The third-order valence-corrected chi connectivity index (χ3v) is 2.80. The van der Waals surface area contributed by atoms with Crippen molar-refractivity contribution in [1.82, 2.24) is 14.9 Å². The van der Waals surface area contributed by atoms with Gasteiger partial charge in [0.05, 0.1) is 0 Å². The first-order valence-corrected chi connectivity index (χ1v) is 5.81. The molecule has 18 heavy (non-hydrogen) atoms. The van der Waals surface area contributed by atoms with Gasteiger partial charge in [0, 0.05) is 19.2 Å². The van der Waals surface area contributed by atoms with Crippen molar-refractivity contribution in [3.63, 3.8) is 0 Å². The highest BCUT2D eigenvalue weighted by Gasteiger charge is 2.18. The van der Waals surface area contributed by atoms with Crippen molar-refractivity contribution in [2.75, 3.05) is 24.3 Å². The molecule has 1 atom stereocenters. The zero-order chi connectivity index (χ0) is 13.7. The Bertz CT molecular complexity index is 422. The van der Waals surface area contributed by atoms with Crippen LogP contribution in [-0.2, 0) is 4.79 Å². The van der Waals surface area contributed by atoms with Crippen molar-refractivity contribution in [2.24, 2.45) is 5.84 Å². The first-order valence-electron chi connectivity index (χ1n) is 5.81. The van der Waals surface area contributed by atoms with Crippen molar-refractivity contribution in [3.8, 4) is 0 Å². The number of nitrogens with one attached hydrogen (secondary N) is 2. The van der Waals surface area contributed by atoms with Gasteiger partial charge < -0.3 is 15.6 Å². The molecule has 0 fully saturated rings. The molecule has 4 N–H and O–H groups in total. The Labute approximate surface area is 107 Å². The van der Waals surface area contributed by atoms with Crippen molar-refractivity contribution in [2.45, 2.75) is 26.8 Å². The first kappa shape index (κ1) is 14.2. The maximum absolute atomic E-state index is 11.9. The SMILES string of the molecule is CCN(C)C(=O)C(C)Nc1ncnc(NN)c1C. The number of rotatable bonds is 5. The Hall–Kier alpha value is -1.89. The van der Waals surface area contributed by atoms with Crippen molar-refractivity contribution < 1.29 is 4.79 Å². The number of hydrogen-bond acceptors (Lipinski definition) is 6. The Morgan fingerprint density at radius 3 is 2.67 bits per heavy atom. The van der Waals surface area contributed by atoms with Gasteiger partial charge in [0.25, 0.3) is 0 Å². The highest BCUT2D eigenvalue weighted by molar-refractivity contribution is 5.84. The number of nitrogens with zero attached hydrogens (tertiary/aromatic N) is 3. The number of nitrogens with two attached hydrogens (primary N) is 1. The number of nitrogen functional groups attached to an aromatic ring is 1. The summed E-state index contributed by atoms with van der Waals surface area (Å²) < 4.78 is 0. The molecule has 0 saturated carbocycles. The quantitative estimate of drug-likeness (QED) is 0.517. The van der Waals surface area contributed by atoms with E-state index in [-0.39, 0.29) is 11.9 Å². The number of aromatic nitrogens is 2. The fourth-order valence-corrected chi connectivity index (χ4v) is 1.49. The Morgan fingerprint density at radius 2 is 2.11 bits per heavy atom. The van der Waals surface area contributed by atoms with Crippen LogP contribution in [0.3, 0.4) is 0 Å². The second-order valence-corrected chi connectivity index (χ2v) is 4.06. The van der Waals surface area contributed by atoms with E-state index in [2.05, 4.69) is 20.7 Å². The fourth-order valence-electron chi connectivity index (χ4n) is 1.49. The van der Waals surface area contributed by atoms with Crippen LogP contribution in [-0.4, -0.2) is 40.4 Å². The summed E-state index contributed by atoms with van der Waals surface area (Å²) >= 11 is 0. The number of hydrogen-bond donors (Lipinski definition) is 3. The normalized spacial score (nSPS) is 11.8. The van der Waals surface area contributed by atoms with E-state index in [9.17, 15) is 4.79 Å². The molecule has 0 aromatic carbocycles. The predicted molar refractivity (Wildman–Crippen MR) is 71.0 cm³/mol. The van der Waals surface area contributed by atoms with E-state index in [1.807, 2.05) is 13.8 Å². The molecule has 1 aromatic rings. The zero-order valence-electron chi connectivity index (χ0n) is 11.2. The molecule has 7 heteroatoms. The van der Waals surface area contributed by atoms with Crippen LogP contribution in [0, 0.1) is 6.92 Å². The molecule has 0 aliphatic heterocycles. The lowest BCUT2D eigenvalue weighted by molar-refractivity contribution is -0.130. The highest BCUT2D eigenvalue weighted by Crippen LogP contribution is 2.17. The third kappa shape index (κ3) is 3.07. The molecule has 0 aliphatic rings. The summed E-state index contributed by atoms with van der Waals surface area (Å²) in [6.07, 6.45) is 1.39. The van der Waals surface area contributed by atoms with Gasteiger partial charge in [-0.2, -0.15) is 0 Å². The molecule has 1 aromatic heterocycles. The van der Waals surface area contributed by atoms with E-state index in [4.69, 9.17) is 5.84 Å². The molecule has 0 bridgehead atoms. The molecular weight excluding hydrogens is 232 g/mol. The third-order valence-electron chi connectivity index (χ3n) is 2.80. The molecule has 0 aliphatic carbocycles. The van der Waals surface area contributed by atoms with Crippen molar-refractivity contribution in [3.05, 3.63) is 11.9 Å². The summed E-state index contributed by atoms with van der Waals surface area (Å²) in [4.78, 5) is 21.7. The van der Waals surface area contributed by atoms with E-state index < -0.39 is 0 Å². The van der Waals surface area contributed by atoms with Gasteiger partial charge in [0.2, 0.25) is 5.91 Å². The number of hydrazine groups is 1. The fraction of sp³-hybridized carbons (Fsp3) is 0.545. The van der Waals surface area contributed by atoms with E-state index in [0.717, 1.165) is 5.56 Å². The first-order chi connectivity index (χ1) is 8.51. The van der Waals surface area contributed by atoms with Gasteiger partial charge in [-0.25, -0.2) is 15.8 Å². The van der Waals surface area contributed by atoms with Gasteiger partial charge >= 0.3 is 0 Å². The van der Waals surface area contributed by atoms with Crippen LogP contribution in [0.1, 0.15) is 19.4 Å². The molecular formula is C11H20N6O. The molecule has 1 rings (SSSR count). The standard InChI is InChI=1S/C11H20N6O/c1-5-17(4)11(18)8(3)15-9-7(2)10(16-12)14-6-13-9/h6,8H,5,12H2,1-4H3,(H2,13,14,15,16). The molecule has 1 amide bonds. The summed E-state index contributed by atoms with van der Waals surface area (Å²) in [5.74, 6) is 6.49. The summed E-state index contributed by atoms with van der Waals surface area (Å²) in [5, 5.41) is 3.06. The van der Waals surface area contributed by atoms with Crippen LogP contribution in [0.25, 0.3) is 0 Å². The monoisotopic (exact) mass is 252 g/mol. The van der Waals surface area contributed by atoms with Crippen LogP contribution in [0.5, 0.6) is 0 Å². The van der Waals surface area contributed by atoms with E-state index in [1.165, 1.54) is 6.33 Å². The number of carbonyl (C=O) groups is 1. The van der Waals surface area contributed by atoms with E-state index in [1.54, 1.807) is 18.9 Å². The Kier molecular flexibility index (Phi) is 4.85. The molecule has 1 heterocycles. The molecule has 0 saturated heterocycles. The number of likely N-dealkylation sites (N-methyl/N-ethyl adjacent to an activating group) is 1. The van der Waals surface area contributed by atoms with Crippen LogP contribution < -0.4 is 16.6 Å². The number of anilines is 2. The average Bonchev–Trinajstić information content (AvgIpc) is 2.39. The maximum Gasteiger partial charge on any atom is 0.244 e. The summed E-state index contributed by atoms with van der Waals surface area (Å²) in [5.41, 5.74) is 3.26. The van der Waals surface area contributed by atoms with Gasteiger partial charge in [0.1, 0.15) is 24.0 Å². The predicted octanol–water partition coefficient (Wildman–Crippen LogP) is 0.349. The van der Waals surface area contributed by atoms with Crippen LogP contribution in [0.2, 0.25) is 0 Å². The Balaban J connectivity index is 2.82. The van der Waals surface area contributed by atoms with Gasteiger partial charge in [-0.3, -0.25) is 4.79 Å². The minimum atomic E-state index is -0.353. The summed E-state index contributed by atoms with van der Waals surface area (Å²) in [7, 11) is 1.76. The molecule has 7 nitrogen and oxygen atoms in total. The van der Waals surface area contributed by atoms with E-state index >= 15 is 0 Å². The lowest BCUT2D eigenvalue weighted by atomic mass is 10.2. The van der Waals surface area contributed by atoms with Gasteiger partial charge in [-0.1, -0.05) is 0 Å². The largest absolute Gasteiger partial charge is 0.358 e. The van der Waals surface area contributed by atoms with Crippen LogP contribution >= 0.6 is 0 Å². The zero-order valence-corrected chi connectivity index (χ0v) is 11.2. The van der Waals surface area contributed by atoms with Crippen molar-refractivity contribution in [1.29, 1.82) is 0 Å². The summed E-state index contributed by atoms with van der Waals surface area (Å²) in [6.45, 7) is 6.23. The molecule has 0 spiro atoms. The Morgan fingerprint density at radius 1 is 1.50 bits per heavy atom.